The molecule has 2 fully saturated rings. The number of nitrogens with one attached hydrogen (secondary N) is 2. The van der Waals surface area contributed by atoms with Crippen LogP contribution in [0.3, 0.4) is 0 Å². The molecule has 2 N–H and O–H groups in total. The summed E-state index contributed by atoms with van der Waals surface area (Å²) < 4.78 is 5.41. The van der Waals surface area contributed by atoms with Gasteiger partial charge in [0, 0.05) is 56.5 Å². The average Bonchev–Trinajstić information content (AvgIpc) is 2.86. The average molecular weight is 500 g/mol. The maximum absolute atomic E-state index is 13.0. The number of piperidine rings is 1. The van der Waals surface area contributed by atoms with Crippen molar-refractivity contribution in [2.45, 2.75) is 31.7 Å². The third-order valence-electron chi connectivity index (χ3n) is 6.11. The highest BCUT2D eigenvalue weighted by Crippen LogP contribution is 2.21. The summed E-state index contributed by atoms with van der Waals surface area (Å²) in [6.07, 6.45) is 4.00. The molecule has 35 heavy (non-hydrogen) atoms. The predicted octanol–water partition coefficient (Wildman–Crippen LogP) is 2.71. The van der Waals surface area contributed by atoms with Gasteiger partial charge in [0.15, 0.2) is 0 Å². The van der Waals surface area contributed by atoms with Crippen molar-refractivity contribution in [2.75, 3.05) is 49.6 Å². The molecule has 0 saturated carbocycles. The van der Waals surface area contributed by atoms with E-state index in [1.807, 2.05) is 0 Å². The van der Waals surface area contributed by atoms with Crippen molar-refractivity contribution in [3.05, 3.63) is 53.2 Å². The highest BCUT2D eigenvalue weighted by Gasteiger charge is 2.23. The molecule has 0 bridgehead atoms. The normalized spacial score (nSPS) is 17.6. The van der Waals surface area contributed by atoms with E-state index in [9.17, 15) is 14.4 Å². The summed E-state index contributed by atoms with van der Waals surface area (Å²) in [6, 6.07) is 9.91. The molecule has 0 radical (unpaired) electrons. The van der Waals surface area contributed by atoms with Gasteiger partial charge in [0.2, 0.25) is 11.8 Å². The number of benzene rings is 1. The Morgan fingerprint density at radius 1 is 1.06 bits per heavy atom. The van der Waals surface area contributed by atoms with Gasteiger partial charge in [0.05, 0.1) is 24.3 Å². The lowest BCUT2D eigenvalue weighted by Crippen LogP contribution is -2.48. The molecule has 2 aromatic rings. The fraction of sp³-hybridized carbons (Fsp3) is 0.440. The van der Waals surface area contributed by atoms with Crippen LogP contribution >= 0.6 is 11.6 Å². The number of halogens is 1. The molecule has 2 aliphatic heterocycles. The SMILES string of the molecule is O=C(CC(CN1CCOCC1)NC(=O)c1ccc(N2CCCCC2=O)cc1)Nc1ccc(Cl)cn1. The van der Waals surface area contributed by atoms with Gasteiger partial charge < -0.3 is 20.3 Å². The number of morpholine rings is 1. The van der Waals surface area contributed by atoms with E-state index in [2.05, 4.69) is 20.5 Å². The second-order valence-electron chi connectivity index (χ2n) is 8.75. The second-order valence-corrected chi connectivity index (χ2v) is 9.18. The first-order valence-corrected chi connectivity index (χ1v) is 12.3. The van der Waals surface area contributed by atoms with E-state index in [4.69, 9.17) is 16.3 Å². The number of aromatic nitrogens is 1. The third kappa shape index (κ3) is 7.24. The Kier molecular flexibility index (Phi) is 8.68. The number of ether oxygens (including phenoxy) is 1. The molecule has 0 aliphatic carbocycles. The number of carbonyl (C=O) groups excluding carboxylic acids is 3. The van der Waals surface area contributed by atoms with Crippen molar-refractivity contribution >= 4 is 40.8 Å². The van der Waals surface area contributed by atoms with Crippen LogP contribution in [0.1, 0.15) is 36.0 Å². The number of nitrogens with zero attached hydrogens (tertiary/aromatic N) is 3. The molecule has 1 aromatic carbocycles. The molecule has 1 aromatic heterocycles. The molecular formula is C25H30ClN5O4. The lowest BCUT2D eigenvalue weighted by atomic mass is 10.1. The van der Waals surface area contributed by atoms with Crippen LogP contribution in [-0.2, 0) is 14.3 Å². The van der Waals surface area contributed by atoms with E-state index in [1.165, 1.54) is 6.20 Å². The Balaban J connectivity index is 1.40. The zero-order chi connectivity index (χ0) is 24.6. The van der Waals surface area contributed by atoms with E-state index in [0.717, 1.165) is 31.6 Å². The van der Waals surface area contributed by atoms with Gasteiger partial charge in [-0.15, -0.1) is 0 Å². The van der Waals surface area contributed by atoms with E-state index < -0.39 is 6.04 Å². The standard InChI is InChI=1S/C25H30ClN5O4/c26-19-6-9-22(27-16-19)29-23(32)15-20(17-30-11-13-35-14-12-30)28-25(34)18-4-7-21(8-5-18)31-10-2-1-3-24(31)33/h4-9,16,20H,1-3,10-15,17H2,(H,28,34)(H,27,29,32). The number of rotatable bonds is 8. The number of amides is 3. The van der Waals surface area contributed by atoms with Crippen molar-refractivity contribution in [3.8, 4) is 0 Å². The summed E-state index contributed by atoms with van der Waals surface area (Å²) in [4.78, 5) is 46.0. The summed E-state index contributed by atoms with van der Waals surface area (Å²) in [5.41, 5.74) is 1.27. The highest BCUT2D eigenvalue weighted by atomic mass is 35.5. The molecule has 1 unspecified atom stereocenters. The third-order valence-corrected chi connectivity index (χ3v) is 6.33. The zero-order valence-electron chi connectivity index (χ0n) is 19.5. The first kappa shape index (κ1) is 25.1. The molecule has 1 atom stereocenters. The summed E-state index contributed by atoms with van der Waals surface area (Å²) in [6.45, 7) is 3.95. The van der Waals surface area contributed by atoms with Gasteiger partial charge in [0.25, 0.3) is 5.91 Å². The van der Waals surface area contributed by atoms with Crippen molar-refractivity contribution < 1.29 is 19.1 Å². The number of anilines is 2. The number of hydrogen-bond donors (Lipinski definition) is 2. The molecule has 0 spiro atoms. The van der Waals surface area contributed by atoms with E-state index in [1.54, 1.807) is 41.3 Å². The Bertz CT molecular complexity index is 1030. The Morgan fingerprint density at radius 3 is 2.51 bits per heavy atom. The van der Waals surface area contributed by atoms with Crippen LogP contribution in [-0.4, -0.2) is 73.0 Å². The van der Waals surface area contributed by atoms with Crippen LogP contribution in [0.2, 0.25) is 5.02 Å². The smallest absolute Gasteiger partial charge is 0.251 e. The number of carbonyl (C=O) groups is 3. The van der Waals surface area contributed by atoms with Crippen molar-refractivity contribution in [1.29, 1.82) is 0 Å². The van der Waals surface area contributed by atoms with Crippen molar-refractivity contribution in [3.63, 3.8) is 0 Å². The fourth-order valence-electron chi connectivity index (χ4n) is 4.26. The lowest BCUT2D eigenvalue weighted by Gasteiger charge is -2.30. The summed E-state index contributed by atoms with van der Waals surface area (Å²) >= 11 is 5.86. The number of pyridine rings is 1. The van der Waals surface area contributed by atoms with Gasteiger partial charge in [0.1, 0.15) is 5.82 Å². The minimum absolute atomic E-state index is 0.0910. The molecule has 3 heterocycles. The largest absolute Gasteiger partial charge is 0.379 e. The Labute approximate surface area is 209 Å². The first-order valence-electron chi connectivity index (χ1n) is 11.9. The van der Waals surface area contributed by atoms with Gasteiger partial charge in [-0.3, -0.25) is 19.3 Å². The van der Waals surface area contributed by atoms with Gasteiger partial charge >= 0.3 is 0 Å². The summed E-state index contributed by atoms with van der Waals surface area (Å²) in [7, 11) is 0. The molecular weight excluding hydrogens is 470 g/mol. The van der Waals surface area contributed by atoms with Crippen molar-refractivity contribution in [2.24, 2.45) is 0 Å². The molecule has 3 amide bonds. The Hall–Kier alpha value is -3.01. The fourth-order valence-corrected chi connectivity index (χ4v) is 4.38. The van der Waals surface area contributed by atoms with Crippen LogP contribution in [0.15, 0.2) is 42.6 Å². The van der Waals surface area contributed by atoms with Gasteiger partial charge in [-0.05, 0) is 49.2 Å². The molecule has 2 aliphatic rings. The van der Waals surface area contributed by atoms with Crippen LogP contribution in [0.4, 0.5) is 11.5 Å². The second kappa shape index (κ2) is 12.1. The molecule has 186 valence electrons. The maximum atomic E-state index is 13.0. The highest BCUT2D eigenvalue weighted by molar-refractivity contribution is 6.30. The minimum Gasteiger partial charge on any atom is -0.379 e. The molecule has 10 heteroatoms. The van der Waals surface area contributed by atoms with Gasteiger partial charge in [-0.1, -0.05) is 11.6 Å². The van der Waals surface area contributed by atoms with Crippen LogP contribution in [0.5, 0.6) is 0 Å². The van der Waals surface area contributed by atoms with Crippen LogP contribution < -0.4 is 15.5 Å². The minimum atomic E-state index is -0.406. The van der Waals surface area contributed by atoms with Crippen LogP contribution in [0.25, 0.3) is 0 Å². The Morgan fingerprint density at radius 2 is 1.83 bits per heavy atom. The first-order chi connectivity index (χ1) is 17.0. The zero-order valence-corrected chi connectivity index (χ0v) is 20.3. The quantitative estimate of drug-likeness (QED) is 0.579. The lowest BCUT2D eigenvalue weighted by molar-refractivity contribution is -0.119. The van der Waals surface area contributed by atoms with Crippen LogP contribution in [0, 0.1) is 0 Å². The van der Waals surface area contributed by atoms with Crippen molar-refractivity contribution in [1.82, 2.24) is 15.2 Å². The molecule has 9 nitrogen and oxygen atoms in total. The maximum Gasteiger partial charge on any atom is 0.251 e. The van der Waals surface area contributed by atoms with Gasteiger partial charge in [-0.2, -0.15) is 0 Å². The summed E-state index contributed by atoms with van der Waals surface area (Å²) in [5, 5.41) is 6.25. The molecule has 2 saturated heterocycles. The molecule has 4 rings (SSSR count). The monoisotopic (exact) mass is 499 g/mol. The van der Waals surface area contributed by atoms with Gasteiger partial charge in [-0.25, -0.2) is 4.98 Å². The predicted molar refractivity (Wildman–Crippen MR) is 134 cm³/mol. The van der Waals surface area contributed by atoms with E-state index >= 15 is 0 Å². The summed E-state index contributed by atoms with van der Waals surface area (Å²) in [5.74, 6) is -0.00606. The number of hydrogen-bond acceptors (Lipinski definition) is 6. The topological polar surface area (TPSA) is 104 Å². The van der Waals surface area contributed by atoms with E-state index in [0.29, 0.717) is 49.1 Å². The van der Waals surface area contributed by atoms with E-state index in [-0.39, 0.29) is 24.1 Å².